The Bertz CT molecular complexity index is 686. The van der Waals surface area contributed by atoms with E-state index in [0.29, 0.717) is 12.5 Å². The van der Waals surface area contributed by atoms with E-state index in [1.807, 2.05) is 6.92 Å². The number of phenols is 1. The van der Waals surface area contributed by atoms with E-state index in [9.17, 15) is 9.50 Å². The van der Waals surface area contributed by atoms with Crippen LogP contribution in [0.5, 0.6) is 5.75 Å². The third-order valence-corrected chi connectivity index (χ3v) is 4.53. The summed E-state index contributed by atoms with van der Waals surface area (Å²) < 4.78 is 13.3. The van der Waals surface area contributed by atoms with Gasteiger partial charge in [-0.25, -0.2) is 9.37 Å². The maximum absolute atomic E-state index is 13.3. The van der Waals surface area contributed by atoms with Crippen molar-refractivity contribution in [2.75, 3.05) is 13.6 Å². The number of aryl methyl sites for hydroxylation is 2. The quantitative estimate of drug-likeness (QED) is 0.362. The van der Waals surface area contributed by atoms with Crippen molar-refractivity contribution in [3.05, 3.63) is 45.2 Å². The Morgan fingerprint density at radius 2 is 2.08 bits per heavy atom. The molecule has 1 aromatic heterocycles. The number of hydrogen-bond donors (Lipinski definition) is 3. The van der Waals surface area contributed by atoms with Gasteiger partial charge in [0.2, 0.25) is 0 Å². The van der Waals surface area contributed by atoms with Gasteiger partial charge in [0.05, 0.1) is 10.7 Å². The van der Waals surface area contributed by atoms with Gasteiger partial charge < -0.3 is 15.7 Å². The highest BCUT2D eigenvalue weighted by Crippen LogP contribution is 2.17. The number of nitrogens with one attached hydrogen (secondary N) is 2. The highest BCUT2D eigenvalue weighted by molar-refractivity contribution is 14.0. The molecule has 1 heterocycles. The van der Waals surface area contributed by atoms with Crippen LogP contribution in [0.1, 0.15) is 21.1 Å². The van der Waals surface area contributed by atoms with Crippen LogP contribution in [0, 0.1) is 19.7 Å². The summed E-state index contributed by atoms with van der Waals surface area (Å²) >= 11 is 1.71. The Labute approximate surface area is 162 Å². The van der Waals surface area contributed by atoms with Crippen LogP contribution < -0.4 is 10.6 Å². The number of thiazole rings is 1. The fourth-order valence-electron chi connectivity index (χ4n) is 2.00. The Kier molecular flexibility index (Phi) is 8.40. The van der Waals surface area contributed by atoms with Gasteiger partial charge in [0.15, 0.2) is 17.5 Å². The molecule has 0 radical (unpaired) electrons. The van der Waals surface area contributed by atoms with Gasteiger partial charge in [0.25, 0.3) is 0 Å². The first-order chi connectivity index (χ1) is 11.0. The summed E-state index contributed by atoms with van der Waals surface area (Å²) in [6.45, 7) is 5.23. The number of guanidine groups is 1. The predicted molar refractivity (Wildman–Crippen MR) is 107 cm³/mol. The van der Waals surface area contributed by atoms with Gasteiger partial charge in [-0.3, -0.25) is 4.99 Å². The highest BCUT2D eigenvalue weighted by atomic mass is 127. The molecule has 5 nitrogen and oxygen atoms in total. The minimum Gasteiger partial charge on any atom is -0.505 e. The predicted octanol–water partition coefficient (Wildman–Crippen LogP) is 3.13. The lowest BCUT2D eigenvalue weighted by molar-refractivity contribution is 0.431. The number of aliphatic imine (C=N–C) groups is 1. The van der Waals surface area contributed by atoms with E-state index in [0.717, 1.165) is 29.2 Å². The molecule has 0 bridgehead atoms. The van der Waals surface area contributed by atoms with Crippen LogP contribution in [0.25, 0.3) is 0 Å². The van der Waals surface area contributed by atoms with Gasteiger partial charge in [-0.1, -0.05) is 6.07 Å². The van der Waals surface area contributed by atoms with E-state index in [1.54, 1.807) is 24.5 Å². The van der Waals surface area contributed by atoms with Gasteiger partial charge in [-0.15, -0.1) is 35.3 Å². The zero-order valence-electron chi connectivity index (χ0n) is 13.9. The maximum Gasteiger partial charge on any atom is 0.191 e. The summed E-state index contributed by atoms with van der Waals surface area (Å²) in [6, 6.07) is 4.31. The Hall–Kier alpha value is -1.42. The summed E-state index contributed by atoms with van der Waals surface area (Å²) in [7, 11) is 1.68. The van der Waals surface area contributed by atoms with Gasteiger partial charge in [0, 0.05) is 31.4 Å². The van der Waals surface area contributed by atoms with E-state index in [4.69, 9.17) is 0 Å². The summed E-state index contributed by atoms with van der Waals surface area (Å²) in [5.41, 5.74) is 1.82. The maximum atomic E-state index is 13.3. The number of aromatic nitrogens is 1. The minimum atomic E-state index is -0.623. The van der Waals surface area contributed by atoms with Crippen molar-refractivity contribution in [3.63, 3.8) is 0 Å². The van der Waals surface area contributed by atoms with Crippen LogP contribution in [0.15, 0.2) is 23.2 Å². The second kappa shape index (κ2) is 9.77. The molecule has 0 unspecified atom stereocenters. The second-order valence-corrected chi connectivity index (χ2v) is 6.43. The van der Waals surface area contributed by atoms with E-state index in [2.05, 4.69) is 27.5 Å². The second-order valence-electron chi connectivity index (χ2n) is 5.14. The third kappa shape index (κ3) is 5.90. The largest absolute Gasteiger partial charge is 0.505 e. The van der Waals surface area contributed by atoms with Crippen molar-refractivity contribution in [1.29, 1.82) is 0 Å². The smallest absolute Gasteiger partial charge is 0.191 e. The van der Waals surface area contributed by atoms with Crippen LogP contribution in [0.2, 0.25) is 0 Å². The van der Waals surface area contributed by atoms with E-state index in [1.165, 1.54) is 17.0 Å². The van der Waals surface area contributed by atoms with Crippen molar-refractivity contribution in [1.82, 2.24) is 15.6 Å². The van der Waals surface area contributed by atoms with Crippen LogP contribution in [-0.4, -0.2) is 29.6 Å². The van der Waals surface area contributed by atoms with Gasteiger partial charge >= 0.3 is 0 Å². The Balaban J connectivity index is 0.00000288. The average Bonchev–Trinajstić information content (AvgIpc) is 2.84. The summed E-state index contributed by atoms with van der Waals surface area (Å²) in [5.74, 6) is -0.324. The van der Waals surface area contributed by atoms with Gasteiger partial charge in [-0.05, 0) is 31.5 Å². The Morgan fingerprint density at radius 3 is 2.67 bits per heavy atom. The number of rotatable bonds is 5. The molecule has 0 aliphatic rings. The molecule has 0 fully saturated rings. The number of hydrogen-bond acceptors (Lipinski definition) is 4. The molecule has 0 atom stereocenters. The Morgan fingerprint density at radius 1 is 1.33 bits per heavy atom. The molecule has 2 aromatic rings. The standard InChI is InChI=1S/C16H21FN4OS.HI/c1-10-11(2)23-15(21-10)6-7-19-16(18-3)20-9-12-4-5-14(22)13(17)8-12;/h4-5,8,22H,6-7,9H2,1-3H3,(H2,18,19,20);1H. The zero-order chi connectivity index (χ0) is 16.8. The molecule has 132 valence electrons. The molecule has 3 N–H and O–H groups in total. The number of nitrogens with zero attached hydrogens (tertiary/aromatic N) is 2. The van der Waals surface area contributed by atoms with Crippen LogP contribution in [0.3, 0.4) is 0 Å². The zero-order valence-corrected chi connectivity index (χ0v) is 17.0. The molecular formula is C16H22FIN4OS. The fourth-order valence-corrected chi connectivity index (χ4v) is 2.93. The molecule has 24 heavy (non-hydrogen) atoms. The fraction of sp³-hybridized carbons (Fsp3) is 0.375. The summed E-state index contributed by atoms with van der Waals surface area (Å²) in [4.78, 5) is 9.88. The lowest BCUT2D eigenvalue weighted by atomic mass is 10.2. The van der Waals surface area contributed by atoms with E-state index >= 15 is 0 Å². The summed E-state index contributed by atoms with van der Waals surface area (Å²) in [5, 5.41) is 16.6. The molecule has 0 spiro atoms. The summed E-state index contributed by atoms with van der Waals surface area (Å²) in [6.07, 6.45) is 0.827. The van der Waals surface area contributed by atoms with Crippen molar-refractivity contribution in [2.24, 2.45) is 4.99 Å². The first kappa shape index (κ1) is 20.6. The molecule has 0 aliphatic carbocycles. The van der Waals surface area contributed by atoms with Crippen molar-refractivity contribution < 1.29 is 9.50 Å². The van der Waals surface area contributed by atoms with E-state index in [-0.39, 0.29) is 29.7 Å². The van der Waals surface area contributed by atoms with Crippen molar-refractivity contribution in [3.8, 4) is 5.75 Å². The van der Waals surface area contributed by atoms with Gasteiger partial charge in [0.1, 0.15) is 0 Å². The SMILES string of the molecule is CN=C(NCCc1nc(C)c(C)s1)NCc1ccc(O)c(F)c1.I. The average molecular weight is 464 g/mol. The van der Waals surface area contributed by atoms with Crippen LogP contribution in [-0.2, 0) is 13.0 Å². The van der Waals surface area contributed by atoms with Crippen molar-refractivity contribution in [2.45, 2.75) is 26.8 Å². The number of benzene rings is 1. The first-order valence-electron chi connectivity index (χ1n) is 7.34. The first-order valence-corrected chi connectivity index (χ1v) is 8.16. The molecule has 1 aromatic carbocycles. The molecule has 0 aliphatic heterocycles. The molecule has 0 amide bonds. The van der Waals surface area contributed by atoms with Gasteiger partial charge in [-0.2, -0.15) is 0 Å². The number of halogens is 2. The van der Waals surface area contributed by atoms with E-state index < -0.39 is 5.82 Å². The lowest BCUT2D eigenvalue weighted by Gasteiger charge is -2.11. The molecule has 0 saturated heterocycles. The minimum absolute atomic E-state index is 0. The molecule has 2 rings (SSSR count). The van der Waals surface area contributed by atoms with Crippen molar-refractivity contribution >= 4 is 41.3 Å². The monoisotopic (exact) mass is 464 g/mol. The molecular weight excluding hydrogens is 442 g/mol. The van der Waals surface area contributed by atoms with Crippen LogP contribution >= 0.6 is 35.3 Å². The number of phenolic OH excluding ortho intramolecular Hbond substituents is 1. The van der Waals surface area contributed by atoms with Crippen LogP contribution in [0.4, 0.5) is 4.39 Å². The topological polar surface area (TPSA) is 69.5 Å². The lowest BCUT2D eigenvalue weighted by Crippen LogP contribution is -2.37. The molecule has 8 heteroatoms. The third-order valence-electron chi connectivity index (χ3n) is 3.40. The normalized spacial score (nSPS) is 11.1. The highest BCUT2D eigenvalue weighted by Gasteiger charge is 2.05. The number of aromatic hydroxyl groups is 1. The molecule has 0 saturated carbocycles.